The number of aromatic nitrogens is 5. The Hall–Kier alpha value is -3.20. The van der Waals surface area contributed by atoms with Crippen molar-refractivity contribution in [3.63, 3.8) is 0 Å². The summed E-state index contributed by atoms with van der Waals surface area (Å²) in [6.45, 7) is 1.70. The molecule has 1 fully saturated rings. The summed E-state index contributed by atoms with van der Waals surface area (Å²) >= 11 is 0. The topological polar surface area (TPSA) is 110 Å². The van der Waals surface area contributed by atoms with Crippen LogP contribution in [0.5, 0.6) is 0 Å². The van der Waals surface area contributed by atoms with Crippen LogP contribution in [-0.2, 0) is 4.79 Å². The molecule has 126 valence electrons. The number of anilines is 1. The average Bonchev–Trinajstić information content (AvgIpc) is 3.09. The van der Waals surface area contributed by atoms with Crippen LogP contribution in [0.1, 0.15) is 11.8 Å². The highest BCUT2D eigenvalue weighted by Crippen LogP contribution is 2.26. The van der Waals surface area contributed by atoms with Crippen molar-refractivity contribution in [2.75, 3.05) is 25.0 Å². The Labute approximate surface area is 143 Å². The van der Waals surface area contributed by atoms with Crippen LogP contribution in [0.25, 0.3) is 11.6 Å². The van der Waals surface area contributed by atoms with E-state index in [1.54, 1.807) is 43.0 Å². The fraction of sp³-hybridized carbons (Fsp3) is 0.250. The van der Waals surface area contributed by atoms with Gasteiger partial charge in [0.2, 0.25) is 23.4 Å². The highest BCUT2D eigenvalue weighted by molar-refractivity contribution is 5.92. The first-order valence-corrected chi connectivity index (χ1v) is 7.81. The smallest absolute Gasteiger partial charge is 0.240 e. The van der Waals surface area contributed by atoms with E-state index in [0.29, 0.717) is 42.9 Å². The van der Waals surface area contributed by atoms with E-state index in [0.717, 1.165) is 0 Å². The van der Waals surface area contributed by atoms with E-state index in [1.165, 1.54) is 0 Å². The molecule has 9 nitrogen and oxygen atoms in total. The minimum atomic E-state index is -0.0737. The second-order valence-electron chi connectivity index (χ2n) is 5.71. The van der Waals surface area contributed by atoms with Gasteiger partial charge in [0.1, 0.15) is 0 Å². The number of pyridine rings is 1. The predicted molar refractivity (Wildman–Crippen MR) is 87.4 cm³/mol. The van der Waals surface area contributed by atoms with Crippen molar-refractivity contribution < 1.29 is 9.32 Å². The molecule has 1 aliphatic rings. The van der Waals surface area contributed by atoms with Crippen LogP contribution in [0.3, 0.4) is 0 Å². The van der Waals surface area contributed by atoms with E-state index >= 15 is 0 Å². The maximum absolute atomic E-state index is 12.0. The van der Waals surface area contributed by atoms with Gasteiger partial charge in [0.15, 0.2) is 0 Å². The molecule has 1 N–H and O–H groups in total. The second kappa shape index (κ2) is 6.73. The van der Waals surface area contributed by atoms with Gasteiger partial charge in [-0.15, -0.1) is 0 Å². The third-order valence-corrected chi connectivity index (χ3v) is 3.83. The molecule has 0 spiro atoms. The Morgan fingerprint density at radius 2 is 2.04 bits per heavy atom. The number of nitrogens with zero attached hydrogens (tertiary/aromatic N) is 6. The average molecular weight is 337 g/mol. The van der Waals surface area contributed by atoms with Gasteiger partial charge in [-0.2, -0.15) is 4.98 Å². The molecule has 3 aromatic heterocycles. The standard InChI is InChI=1S/C16H15N7O2/c24-13(20-12-3-1-4-17-7-12)10-23-8-11(9-23)16-21-15(22-25-16)14-18-5-2-6-19-14/h1-7,11H,8-10H2,(H,20,24). The van der Waals surface area contributed by atoms with Gasteiger partial charge in [-0.1, -0.05) is 5.16 Å². The lowest BCUT2D eigenvalue weighted by Gasteiger charge is -2.36. The summed E-state index contributed by atoms with van der Waals surface area (Å²) in [6.07, 6.45) is 6.53. The highest BCUT2D eigenvalue weighted by Gasteiger charge is 2.33. The van der Waals surface area contributed by atoms with Crippen molar-refractivity contribution in [1.82, 2.24) is 30.0 Å². The SMILES string of the molecule is O=C(CN1CC(c2nc(-c3ncccn3)no2)C1)Nc1cccnc1. The van der Waals surface area contributed by atoms with E-state index in [4.69, 9.17) is 4.52 Å². The molecule has 3 aromatic rings. The molecule has 1 amide bonds. The minimum absolute atomic E-state index is 0.0737. The first-order valence-electron chi connectivity index (χ1n) is 7.81. The van der Waals surface area contributed by atoms with Gasteiger partial charge in [-0.25, -0.2) is 9.97 Å². The largest absolute Gasteiger partial charge is 0.338 e. The number of likely N-dealkylation sites (tertiary alicyclic amines) is 1. The van der Waals surface area contributed by atoms with Crippen molar-refractivity contribution >= 4 is 11.6 Å². The van der Waals surface area contributed by atoms with Gasteiger partial charge in [0.05, 0.1) is 24.3 Å². The number of nitrogens with one attached hydrogen (secondary N) is 1. The Kier molecular flexibility index (Phi) is 4.13. The molecule has 0 aliphatic carbocycles. The van der Waals surface area contributed by atoms with Crippen molar-refractivity contribution in [2.24, 2.45) is 0 Å². The molecule has 0 unspecified atom stereocenters. The molecule has 0 aromatic carbocycles. The number of carbonyl (C=O) groups excluding carboxylic acids is 1. The number of hydrogen-bond acceptors (Lipinski definition) is 8. The fourth-order valence-corrected chi connectivity index (χ4v) is 2.60. The molecular formula is C16H15N7O2. The van der Waals surface area contributed by atoms with E-state index in [-0.39, 0.29) is 11.8 Å². The van der Waals surface area contributed by atoms with E-state index < -0.39 is 0 Å². The Morgan fingerprint density at radius 1 is 1.20 bits per heavy atom. The molecule has 1 aliphatic heterocycles. The number of hydrogen-bond donors (Lipinski definition) is 1. The first kappa shape index (κ1) is 15.3. The van der Waals surface area contributed by atoms with Gasteiger partial charge in [0.25, 0.3) is 0 Å². The van der Waals surface area contributed by atoms with Gasteiger partial charge in [-0.05, 0) is 18.2 Å². The molecule has 25 heavy (non-hydrogen) atoms. The summed E-state index contributed by atoms with van der Waals surface area (Å²) in [5.74, 6) is 1.41. The predicted octanol–water partition coefficient (Wildman–Crippen LogP) is 0.959. The third kappa shape index (κ3) is 3.50. The van der Waals surface area contributed by atoms with Gasteiger partial charge in [-0.3, -0.25) is 14.7 Å². The summed E-state index contributed by atoms with van der Waals surface area (Å²) < 4.78 is 5.30. The van der Waals surface area contributed by atoms with Crippen molar-refractivity contribution in [3.05, 3.63) is 48.9 Å². The summed E-state index contributed by atoms with van der Waals surface area (Å²) in [7, 11) is 0. The lowest BCUT2D eigenvalue weighted by molar-refractivity contribution is -0.118. The summed E-state index contributed by atoms with van der Waals surface area (Å²) in [5.41, 5.74) is 0.689. The summed E-state index contributed by atoms with van der Waals surface area (Å²) in [5, 5.41) is 6.73. The fourth-order valence-electron chi connectivity index (χ4n) is 2.60. The van der Waals surface area contributed by atoms with Gasteiger partial charge < -0.3 is 9.84 Å². The number of rotatable bonds is 5. The Bertz CT molecular complexity index is 847. The lowest BCUT2D eigenvalue weighted by Crippen LogP contribution is -2.48. The van der Waals surface area contributed by atoms with Crippen LogP contribution in [0.2, 0.25) is 0 Å². The molecule has 4 rings (SSSR count). The monoisotopic (exact) mass is 337 g/mol. The molecule has 0 atom stereocenters. The Morgan fingerprint density at radius 3 is 2.80 bits per heavy atom. The van der Waals surface area contributed by atoms with Crippen LogP contribution in [0.4, 0.5) is 5.69 Å². The quantitative estimate of drug-likeness (QED) is 0.733. The normalized spacial score (nSPS) is 14.9. The Balaban J connectivity index is 1.29. The number of carbonyl (C=O) groups is 1. The first-order chi connectivity index (χ1) is 12.3. The highest BCUT2D eigenvalue weighted by atomic mass is 16.5. The summed E-state index contributed by atoms with van der Waals surface area (Å²) in [4.78, 5) is 30.5. The van der Waals surface area contributed by atoms with Crippen molar-refractivity contribution in [2.45, 2.75) is 5.92 Å². The molecule has 9 heteroatoms. The van der Waals surface area contributed by atoms with Crippen LogP contribution < -0.4 is 5.32 Å². The second-order valence-corrected chi connectivity index (χ2v) is 5.71. The lowest BCUT2D eigenvalue weighted by atomic mass is 10.0. The van der Waals surface area contributed by atoms with Crippen molar-refractivity contribution in [3.8, 4) is 11.6 Å². The van der Waals surface area contributed by atoms with E-state index in [1.807, 2.05) is 4.90 Å². The molecular weight excluding hydrogens is 322 g/mol. The molecule has 0 saturated carbocycles. The van der Waals surface area contributed by atoms with Gasteiger partial charge in [0, 0.05) is 31.7 Å². The van der Waals surface area contributed by atoms with E-state index in [2.05, 4.69) is 30.4 Å². The van der Waals surface area contributed by atoms with E-state index in [9.17, 15) is 4.79 Å². The molecule has 0 radical (unpaired) electrons. The van der Waals surface area contributed by atoms with Gasteiger partial charge >= 0.3 is 0 Å². The van der Waals surface area contributed by atoms with Crippen molar-refractivity contribution in [1.29, 1.82) is 0 Å². The zero-order chi connectivity index (χ0) is 17.1. The molecule has 1 saturated heterocycles. The minimum Gasteiger partial charge on any atom is -0.338 e. The maximum atomic E-state index is 12.0. The summed E-state index contributed by atoms with van der Waals surface area (Å²) in [6, 6.07) is 5.30. The zero-order valence-electron chi connectivity index (χ0n) is 13.2. The van der Waals surface area contributed by atoms with Crippen LogP contribution in [0.15, 0.2) is 47.5 Å². The number of amides is 1. The van der Waals surface area contributed by atoms with Crippen LogP contribution in [0, 0.1) is 0 Å². The van der Waals surface area contributed by atoms with Crippen LogP contribution >= 0.6 is 0 Å². The molecule has 0 bridgehead atoms. The molecule has 4 heterocycles. The third-order valence-electron chi connectivity index (χ3n) is 3.83. The zero-order valence-corrected chi connectivity index (χ0v) is 13.2. The van der Waals surface area contributed by atoms with Crippen LogP contribution in [-0.4, -0.2) is 55.5 Å². The maximum Gasteiger partial charge on any atom is 0.240 e.